The van der Waals surface area contributed by atoms with E-state index in [4.69, 9.17) is 34.8 Å². The van der Waals surface area contributed by atoms with Crippen molar-refractivity contribution in [1.82, 2.24) is 9.97 Å². The molecular formula is C12H5Cl3N2S. The number of thiophene rings is 1. The van der Waals surface area contributed by atoms with Crippen molar-refractivity contribution in [3.63, 3.8) is 0 Å². The van der Waals surface area contributed by atoms with Crippen molar-refractivity contribution in [3.05, 3.63) is 45.8 Å². The van der Waals surface area contributed by atoms with Crippen molar-refractivity contribution in [2.24, 2.45) is 0 Å². The summed E-state index contributed by atoms with van der Waals surface area (Å²) in [6.45, 7) is 0. The molecule has 2 heterocycles. The molecule has 0 spiro atoms. The van der Waals surface area contributed by atoms with E-state index in [9.17, 15) is 0 Å². The Hall–Kier alpha value is -0.870. The van der Waals surface area contributed by atoms with Gasteiger partial charge in [-0.05, 0) is 29.8 Å². The third-order valence-corrected chi connectivity index (χ3v) is 4.43. The number of aromatic nitrogens is 2. The number of hydrogen-bond acceptors (Lipinski definition) is 3. The van der Waals surface area contributed by atoms with Gasteiger partial charge in [-0.1, -0.05) is 34.8 Å². The van der Waals surface area contributed by atoms with E-state index < -0.39 is 0 Å². The summed E-state index contributed by atoms with van der Waals surface area (Å²) in [5.41, 5.74) is 1.78. The topological polar surface area (TPSA) is 25.8 Å². The van der Waals surface area contributed by atoms with Crippen LogP contribution in [-0.2, 0) is 0 Å². The molecule has 0 saturated carbocycles. The first-order valence-electron chi connectivity index (χ1n) is 5.00. The average Bonchev–Trinajstić information content (AvgIpc) is 2.73. The van der Waals surface area contributed by atoms with Crippen molar-refractivity contribution < 1.29 is 0 Å². The van der Waals surface area contributed by atoms with Crippen LogP contribution in [0.1, 0.15) is 0 Å². The summed E-state index contributed by atoms with van der Waals surface area (Å²) in [6, 6.07) is 7.38. The van der Waals surface area contributed by atoms with Crippen LogP contribution >= 0.6 is 46.1 Å². The Kier molecular flexibility index (Phi) is 3.16. The van der Waals surface area contributed by atoms with Gasteiger partial charge >= 0.3 is 0 Å². The molecule has 0 unspecified atom stereocenters. The van der Waals surface area contributed by atoms with E-state index in [0.717, 1.165) is 20.7 Å². The van der Waals surface area contributed by atoms with Crippen LogP contribution in [0.5, 0.6) is 0 Å². The van der Waals surface area contributed by atoms with Crippen molar-refractivity contribution in [2.75, 3.05) is 0 Å². The largest absolute Gasteiger partial charge is 0.235 e. The van der Waals surface area contributed by atoms with Gasteiger partial charge in [0.2, 0.25) is 0 Å². The van der Waals surface area contributed by atoms with Crippen molar-refractivity contribution in [3.8, 4) is 10.4 Å². The minimum atomic E-state index is 0.462. The minimum absolute atomic E-state index is 0.462. The Morgan fingerprint density at radius 3 is 2.28 bits per heavy atom. The van der Waals surface area contributed by atoms with Crippen LogP contribution in [0, 0.1) is 0 Å². The molecule has 0 aliphatic heterocycles. The maximum absolute atomic E-state index is 6.03. The number of fused-ring (bicyclic) bond motifs is 1. The summed E-state index contributed by atoms with van der Waals surface area (Å²) in [6.07, 6.45) is 1.45. The predicted molar refractivity (Wildman–Crippen MR) is 77.9 cm³/mol. The quantitative estimate of drug-likeness (QED) is 0.568. The van der Waals surface area contributed by atoms with Crippen LogP contribution in [0.2, 0.25) is 15.2 Å². The van der Waals surface area contributed by atoms with Gasteiger partial charge in [0.05, 0.1) is 10.2 Å². The molecule has 2 nitrogen and oxygen atoms in total. The summed E-state index contributed by atoms with van der Waals surface area (Å²) in [7, 11) is 0. The highest BCUT2D eigenvalue weighted by atomic mass is 35.5. The summed E-state index contributed by atoms with van der Waals surface area (Å²) in [5, 5.41) is 1.67. The lowest BCUT2D eigenvalue weighted by Crippen LogP contribution is -1.76. The van der Waals surface area contributed by atoms with Gasteiger partial charge in [0.1, 0.15) is 11.5 Å². The Morgan fingerprint density at radius 2 is 1.61 bits per heavy atom. The summed E-state index contributed by atoms with van der Waals surface area (Å²) in [5.74, 6) is 0. The van der Waals surface area contributed by atoms with E-state index in [1.54, 1.807) is 6.07 Å². The molecule has 0 aliphatic rings. The zero-order chi connectivity index (χ0) is 12.7. The predicted octanol–water partition coefficient (Wildman–Crippen LogP) is 5.32. The number of rotatable bonds is 1. The molecule has 2 aromatic heterocycles. The van der Waals surface area contributed by atoms with Gasteiger partial charge in [-0.15, -0.1) is 11.3 Å². The fourth-order valence-corrected chi connectivity index (χ4v) is 3.43. The maximum atomic E-state index is 6.03. The van der Waals surface area contributed by atoms with Crippen molar-refractivity contribution in [1.29, 1.82) is 0 Å². The lowest BCUT2D eigenvalue weighted by atomic mass is 10.2. The SMILES string of the molecule is Clc1cc(Cl)cc(-c2cc3ncnc(Cl)c3s2)c1. The molecule has 0 aliphatic carbocycles. The molecule has 6 heteroatoms. The van der Waals surface area contributed by atoms with Crippen LogP contribution in [-0.4, -0.2) is 9.97 Å². The van der Waals surface area contributed by atoms with Crippen LogP contribution in [0.25, 0.3) is 20.7 Å². The first-order chi connectivity index (χ1) is 8.63. The van der Waals surface area contributed by atoms with Gasteiger partial charge in [-0.3, -0.25) is 0 Å². The number of hydrogen-bond donors (Lipinski definition) is 0. The van der Waals surface area contributed by atoms with E-state index in [-0.39, 0.29) is 0 Å². The fourth-order valence-electron chi connectivity index (χ4n) is 1.66. The standard InChI is InChI=1S/C12H5Cl3N2S/c13-7-1-6(2-8(14)3-7)10-4-9-11(18-10)12(15)17-5-16-9/h1-5H. The van der Waals surface area contributed by atoms with E-state index in [1.165, 1.54) is 17.7 Å². The summed E-state index contributed by atoms with van der Waals surface area (Å²) >= 11 is 19.5. The minimum Gasteiger partial charge on any atom is -0.235 e. The smallest absolute Gasteiger partial charge is 0.150 e. The second-order valence-corrected chi connectivity index (χ2v) is 5.93. The first-order valence-corrected chi connectivity index (χ1v) is 6.95. The van der Waals surface area contributed by atoms with E-state index in [0.29, 0.717) is 15.2 Å². The molecule has 0 radical (unpaired) electrons. The number of halogens is 3. The van der Waals surface area contributed by atoms with Crippen molar-refractivity contribution >= 4 is 56.4 Å². The fraction of sp³-hybridized carbons (Fsp3) is 0. The average molecular weight is 316 g/mol. The second-order valence-electron chi connectivity index (χ2n) is 3.65. The van der Waals surface area contributed by atoms with E-state index in [1.807, 2.05) is 18.2 Å². The highest BCUT2D eigenvalue weighted by Crippen LogP contribution is 2.37. The highest BCUT2D eigenvalue weighted by molar-refractivity contribution is 7.22. The van der Waals surface area contributed by atoms with Gasteiger partial charge in [0.15, 0.2) is 0 Å². The number of benzene rings is 1. The Morgan fingerprint density at radius 1 is 0.889 bits per heavy atom. The Bertz CT molecular complexity index is 719. The highest BCUT2D eigenvalue weighted by Gasteiger charge is 2.09. The molecule has 0 N–H and O–H groups in total. The lowest BCUT2D eigenvalue weighted by Gasteiger charge is -1.99. The van der Waals surface area contributed by atoms with Gasteiger partial charge in [-0.2, -0.15) is 0 Å². The van der Waals surface area contributed by atoms with Gasteiger partial charge in [0.25, 0.3) is 0 Å². The Labute approximate surface area is 122 Å². The van der Waals surface area contributed by atoms with E-state index >= 15 is 0 Å². The zero-order valence-corrected chi connectivity index (χ0v) is 11.9. The Balaban J connectivity index is 2.22. The van der Waals surface area contributed by atoms with Crippen LogP contribution in [0.4, 0.5) is 0 Å². The molecule has 0 fully saturated rings. The summed E-state index contributed by atoms with van der Waals surface area (Å²) in [4.78, 5) is 9.15. The lowest BCUT2D eigenvalue weighted by molar-refractivity contribution is 1.23. The molecule has 0 saturated heterocycles. The van der Waals surface area contributed by atoms with Crippen molar-refractivity contribution in [2.45, 2.75) is 0 Å². The third-order valence-electron chi connectivity index (χ3n) is 2.41. The zero-order valence-electron chi connectivity index (χ0n) is 8.82. The molecule has 0 atom stereocenters. The molecular weight excluding hydrogens is 311 g/mol. The van der Waals surface area contributed by atoms with E-state index in [2.05, 4.69) is 9.97 Å². The third kappa shape index (κ3) is 2.19. The molecule has 0 bridgehead atoms. The normalized spacial score (nSPS) is 11.1. The van der Waals surface area contributed by atoms with Gasteiger partial charge in [0, 0.05) is 14.9 Å². The maximum Gasteiger partial charge on any atom is 0.150 e. The first kappa shape index (κ1) is 12.2. The van der Waals surface area contributed by atoms with Gasteiger partial charge < -0.3 is 0 Å². The summed E-state index contributed by atoms with van der Waals surface area (Å²) < 4.78 is 0.866. The van der Waals surface area contributed by atoms with Crippen LogP contribution < -0.4 is 0 Å². The van der Waals surface area contributed by atoms with Crippen LogP contribution in [0.3, 0.4) is 0 Å². The molecule has 3 rings (SSSR count). The second kappa shape index (κ2) is 4.67. The molecule has 18 heavy (non-hydrogen) atoms. The molecule has 3 aromatic rings. The molecule has 1 aromatic carbocycles. The molecule has 0 amide bonds. The molecule has 90 valence electrons. The number of nitrogens with zero attached hydrogens (tertiary/aromatic N) is 2. The van der Waals surface area contributed by atoms with Gasteiger partial charge in [-0.25, -0.2) is 9.97 Å². The monoisotopic (exact) mass is 314 g/mol. The van der Waals surface area contributed by atoms with Crippen LogP contribution in [0.15, 0.2) is 30.6 Å².